The van der Waals surface area contributed by atoms with Crippen molar-refractivity contribution in [3.8, 4) is 0 Å². The number of carbonyl (C=O) groups excluding carboxylic acids is 1. The highest BCUT2D eigenvalue weighted by Crippen LogP contribution is 2.27. The molecule has 1 heterocycles. The molecule has 0 atom stereocenters. The van der Waals surface area contributed by atoms with Crippen molar-refractivity contribution < 1.29 is 9.18 Å². The van der Waals surface area contributed by atoms with Crippen LogP contribution in [-0.2, 0) is 6.54 Å². The number of benzene rings is 2. The average Bonchev–Trinajstić information content (AvgIpc) is 3.10. The van der Waals surface area contributed by atoms with E-state index in [4.69, 9.17) is 11.6 Å². The summed E-state index contributed by atoms with van der Waals surface area (Å²) >= 11 is 8.95. The SMILES string of the molecule is CC.O=C(Nc1cc(Br)cc(Cl)c1F)c1ncn(Cc2ccccc2)n1. The molecule has 0 unspecified atom stereocenters. The molecule has 0 saturated heterocycles. The summed E-state index contributed by atoms with van der Waals surface area (Å²) in [6.45, 7) is 4.48. The summed E-state index contributed by atoms with van der Waals surface area (Å²) in [7, 11) is 0. The summed E-state index contributed by atoms with van der Waals surface area (Å²) in [4.78, 5) is 16.1. The summed E-state index contributed by atoms with van der Waals surface area (Å²) in [5, 5.41) is 6.43. The standard InChI is InChI=1S/C16H11BrClFN4O.C2H6/c17-11-6-12(18)14(19)13(7-11)21-16(24)15-20-9-23(22-15)8-10-4-2-1-3-5-10;1-2/h1-7,9H,8H2,(H,21,24);1-2H3. The van der Waals surface area contributed by atoms with E-state index < -0.39 is 11.7 Å². The Bertz CT molecular complexity index is 886. The monoisotopic (exact) mass is 438 g/mol. The third-order valence-electron chi connectivity index (χ3n) is 3.17. The number of halogens is 3. The molecule has 0 aliphatic rings. The predicted molar refractivity (Wildman–Crippen MR) is 104 cm³/mol. The minimum absolute atomic E-state index is 0.0428. The van der Waals surface area contributed by atoms with Crippen molar-refractivity contribution in [2.45, 2.75) is 20.4 Å². The van der Waals surface area contributed by atoms with E-state index in [-0.39, 0.29) is 16.5 Å². The Hall–Kier alpha value is -2.25. The maximum Gasteiger partial charge on any atom is 0.295 e. The normalized spacial score (nSPS) is 10.0. The molecule has 5 nitrogen and oxygen atoms in total. The van der Waals surface area contributed by atoms with Crippen molar-refractivity contribution in [1.29, 1.82) is 0 Å². The zero-order chi connectivity index (χ0) is 19.1. The van der Waals surface area contributed by atoms with Crippen LogP contribution in [-0.4, -0.2) is 20.7 Å². The van der Waals surface area contributed by atoms with Gasteiger partial charge >= 0.3 is 0 Å². The molecule has 3 aromatic rings. The van der Waals surface area contributed by atoms with E-state index in [1.165, 1.54) is 23.1 Å². The molecule has 0 fully saturated rings. The van der Waals surface area contributed by atoms with E-state index in [0.717, 1.165) is 5.56 Å². The van der Waals surface area contributed by atoms with Gasteiger partial charge in [-0.2, -0.15) is 0 Å². The molecule has 0 saturated carbocycles. The van der Waals surface area contributed by atoms with Gasteiger partial charge in [-0.1, -0.05) is 71.7 Å². The second kappa shape index (κ2) is 9.45. The van der Waals surface area contributed by atoms with Gasteiger partial charge < -0.3 is 5.32 Å². The molecular weight excluding hydrogens is 423 g/mol. The van der Waals surface area contributed by atoms with E-state index in [2.05, 4.69) is 31.3 Å². The smallest absolute Gasteiger partial charge is 0.295 e. The quantitative estimate of drug-likeness (QED) is 0.571. The summed E-state index contributed by atoms with van der Waals surface area (Å²) in [5.74, 6) is -1.38. The lowest BCUT2D eigenvalue weighted by Gasteiger charge is -2.06. The Balaban J connectivity index is 0.00000117. The molecule has 0 spiro atoms. The lowest BCUT2D eigenvalue weighted by Crippen LogP contribution is -2.15. The van der Waals surface area contributed by atoms with Gasteiger partial charge in [0.25, 0.3) is 5.91 Å². The van der Waals surface area contributed by atoms with Crippen molar-refractivity contribution in [2.75, 3.05) is 5.32 Å². The van der Waals surface area contributed by atoms with Crippen molar-refractivity contribution in [1.82, 2.24) is 14.8 Å². The van der Waals surface area contributed by atoms with E-state index >= 15 is 0 Å². The van der Waals surface area contributed by atoms with Crippen LogP contribution in [0.3, 0.4) is 0 Å². The third-order valence-corrected chi connectivity index (χ3v) is 3.90. The summed E-state index contributed by atoms with van der Waals surface area (Å²) in [5.41, 5.74) is 0.984. The zero-order valence-electron chi connectivity index (χ0n) is 14.2. The van der Waals surface area contributed by atoms with E-state index in [0.29, 0.717) is 11.0 Å². The first-order chi connectivity index (χ1) is 12.5. The second-order valence-corrected chi connectivity index (χ2v) is 6.28. The molecule has 1 aromatic heterocycles. The molecule has 2 aromatic carbocycles. The molecular formula is C18H17BrClFN4O. The number of anilines is 1. The van der Waals surface area contributed by atoms with Crippen LogP contribution >= 0.6 is 27.5 Å². The van der Waals surface area contributed by atoms with Crippen LogP contribution in [0.2, 0.25) is 5.02 Å². The van der Waals surface area contributed by atoms with Crippen molar-refractivity contribution >= 4 is 39.1 Å². The molecule has 136 valence electrons. The van der Waals surface area contributed by atoms with Gasteiger partial charge in [-0.3, -0.25) is 4.79 Å². The van der Waals surface area contributed by atoms with Crippen molar-refractivity contribution in [3.63, 3.8) is 0 Å². The molecule has 0 bridgehead atoms. The molecule has 0 aliphatic carbocycles. The Morgan fingerprint density at radius 1 is 1.27 bits per heavy atom. The maximum atomic E-state index is 13.9. The molecule has 3 rings (SSSR count). The Morgan fingerprint density at radius 2 is 1.96 bits per heavy atom. The number of carbonyl (C=O) groups is 1. The fourth-order valence-electron chi connectivity index (χ4n) is 2.07. The van der Waals surface area contributed by atoms with Gasteiger partial charge in [0.15, 0.2) is 5.82 Å². The van der Waals surface area contributed by atoms with Crippen molar-refractivity contribution in [2.24, 2.45) is 0 Å². The van der Waals surface area contributed by atoms with Gasteiger partial charge in [-0.05, 0) is 17.7 Å². The Morgan fingerprint density at radius 3 is 2.65 bits per heavy atom. The topological polar surface area (TPSA) is 59.8 Å². The predicted octanol–water partition coefficient (Wildman–Crippen LogP) is 5.16. The third kappa shape index (κ3) is 5.12. The fraction of sp³-hybridized carbons (Fsp3) is 0.167. The largest absolute Gasteiger partial charge is 0.317 e. The first kappa shape index (κ1) is 20.1. The van der Waals surface area contributed by atoms with Gasteiger partial charge in [0.2, 0.25) is 5.82 Å². The Labute approximate surface area is 164 Å². The number of rotatable bonds is 4. The Kier molecular flexibility index (Phi) is 7.29. The zero-order valence-corrected chi connectivity index (χ0v) is 16.6. The number of hydrogen-bond donors (Lipinski definition) is 1. The highest BCUT2D eigenvalue weighted by Gasteiger charge is 2.16. The van der Waals surface area contributed by atoms with Crippen LogP contribution in [0.4, 0.5) is 10.1 Å². The summed E-state index contributed by atoms with van der Waals surface area (Å²) < 4.78 is 16.0. The minimum atomic E-state index is -0.711. The molecule has 0 aliphatic heterocycles. The van der Waals surface area contributed by atoms with Crippen LogP contribution in [0.25, 0.3) is 0 Å². The average molecular weight is 440 g/mol. The molecule has 1 amide bonds. The van der Waals surface area contributed by atoms with Crippen LogP contribution in [0.15, 0.2) is 53.3 Å². The van der Waals surface area contributed by atoms with Crippen molar-refractivity contribution in [3.05, 3.63) is 75.5 Å². The number of aromatic nitrogens is 3. The van der Waals surface area contributed by atoms with E-state index in [1.807, 2.05) is 44.2 Å². The summed E-state index contributed by atoms with van der Waals surface area (Å²) in [6.07, 6.45) is 1.45. The maximum absolute atomic E-state index is 13.9. The van der Waals surface area contributed by atoms with Crippen LogP contribution < -0.4 is 5.32 Å². The number of hydrogen-bond acceptors (Lipinski definition) is 3. The van der Waals surface area contributed by atoms with E-state index in [9.17, 15) is 9.18 Å². The lowest BCUT2D eigenvalue weighted by atomic mass is 10.2. The lowest BCUT2D eigenvalue weighted by molar-refractivity contribution is 0.101. The highest BCUT2D eigenvalue weighted by atomic mass is 79.9. The molecule has 26 heavy (non-hydrogen) atoms. The van der Waals surface area contributed by atoms with E-state index in [1.54, 1.807) is 0 Å². The van der Waals surface area contributed by atoms with Crippen LogP contribution in [0.5, 0.6) is 0 Å². The highest BCUT2D eigenvalue weighted by molar-refractivity contribution is 9.10. The van der Waals surface area contributed by atoms with Gasteiger partial charge in [0.05, 0.1) is 17.3 Å². The molecule has 8 heteroatoms. The van der Waals surface area contributed by atoms with Gasteiger partial charge in [0, 0.05) is 4.47 Å². The second-order valence-electron chi connectivity index (χ2n) is 4.95. The fourth-order valence-corrected chi connectivity index (χ4v) is 2.88. The number of nitrogens with one attached hydrogen (secondary N) is 1. The van der Waals surface area contributed by atoms with Crippen LogP contribution in [0, 0.1) is 5.82 Å². The van der Waals surface area contributed by atoms with Crippen LogP contribution in [0.1, 0.15) is 30.0 Å². The number of nitrogens with zero attached hydrogens (tertiary/aromatic N) is 3. The molecule has 0 radical (unpaired) electrons. The summed E-state index contributed by atoms with van der Waals surface area (Å²) in [6, 6.07) is 12.5. The number of amides is 1. The van der Waals surface area contributed by atoms with Gasteiger partial charge in [-0.15, -0.1) is 5.10 Å². The molecule has 1 N–H and O–H groups in total. The first-order valence-electron chi connectivity index (χ1n) is 7.92. The first-order valence-corrected chi connectivity index (χ1v) is 9.09. The minimum Gasteiger partial charge on any atom is -0.317 e. The van der Waals surface area contributed by atoms with Gasteiger partial charge in [0.1, 0.15) is 6.33 Å². The van der Waals surface area contributed by atoms with Gasteiger partial charge in [-0.25, -0.2) is 14.1 Å².